The highest BCUT2D eigenvalue weighted by molar-refractivity contribution is 5.97. The van der Waals surface area contributed by atoms with Crippen LogP contribution >= 0.6 is 0 Å². The van der Waals surface area contributed by atoms with Crippen molar-refractivity contribution in [3.05, 3.63) is 24.3 Å². The van der Waals surface area contributed by atoms with Crippen molar-refractivity contribution in [3.63, 3.8) is 0 Å². The van der Waals surface area contributed by atoms with Crippen LogP contribution in [-0.2, 0) is 4.79 Å². The molecule has 1 N–H and O–H groups in total. The van der Waals surface area contributed by atoms with Crippen molar-refractivity contribution in [2.75, 3.05) is 31.1 Å². The number of hydrogen-bond donors (Lipinski definition) is 1. The first kappa shape index (κ1) is 12.5. The molecule has 0 bridgehead atoms. The summed E-state index contributed by atoms with van der Waals surface area (Å²) in [5, 5.41) is 3.38. The van der Waals surface area contributed by atoms with Gasteiger partial charge in [0.25, 0.3) is 5.91 Å². The van der Waals surface area contributed by atoms with Crippen molar-refractivity contribution >= 4 is 11.6 Å². The van der Waals surface area contributed by atoms with E-state index in [2.05, 4.69) is 5.32 Å². The fraction of sp³-hybridized carbons (Fsp3) is 0.533. The van der Waals surface area contributed by atoms with E-state index in [0.29, 0.717) is 0 Å². The Morgan fingerprint density at radius 3 is 2.89 bits per heavy atom. The molecule has 2 aliphatic rings. The van der Waals surface area contributed by atoms with Crippen molar-refractivity contribution in [2.24, 2.45) is 5.92 Å². The number of piperidine rings is 1. The van der Waals surface area contributed by atoms with Gasteiger partial charge < -0.3 is 15.0 Å². The van der Waals surface area contributed by atoms with Gasteiger partial charge in [0, 0.05) is 6.54 Å². The number of carbonyl (C=O) groups is 1. The first-order chi connectivity index (χ1) is 9.34. The molecule has 0 spiro atoms. The van der Waals surface area contributed by atoms with Crippen LogP contribution in [0.4, 0.5) is 5.69 Å². The van der Waals surface area contributed by atoms with E-state index in [1.807, 2.05) is 29.2 Å². The number of carbonyl (C=O) groups excluding carboxylic acids is 1. The standard InChI is InChI=1S/C15H20N2O2/c18-15-11-19-14-4-2-1-3-13(14)17(15)10-7-12-5-8-16-9-6-12/h1-4,12,16H,5-11H2. The lowest BCUT2D eigenvalue weighted by atomic mass is 9.94. The van der Waals surface area contributed by atoms with Crippen LogP contribution in [0.5, 0.6) is 5.75 Å². The minimum absolute atomic E-state index is 0.0765. The van der Waals surface area contributed by atoms with Gasteiger partial charge in [0.15, 0.2) is 6.61 Å². The summed E-state index contributed by atoms with van der Waals surface area (Å²) >= 11 is 0. The highest BCUT2D eigenvalue weighted by Gasteiger charge is 2.25. The second kappa shape index (κ2) is 5.61. The van der Waals surface area contributed by atoms with E-state index in [-0.39, 0.29) is 12.5 Å². The Kier molecular flexibility index (Phi) is 3.69. The summed E-state index contributed by atoms with van der Waals surface area (Å²) in [4.78, 5) is 13.9. The Hall–Kier alpha value is -1.55. The average Bonchev–Trinajstić information content (AvgIpc) is 2.47. The van der Waals surface area contributed by atoms with E-state index in [1.54, 1.807) is 0 Å². The molecular weight excluding hydrogens is 240 g/mol. The molecule has 0 atom stereocenters. The molecule has 102 valence electrons. The van der Waals surface area contributed by atoms with E-state index in [1.165, 1.54) is 12.8 Å². The lowest BCUT2D eigenvalue weighted by Crippen LogP contribution is -2.40. The van der Waals surface area contributed by atoms with Gasteiger partial charge in [0.1, 0.15) is 5.75 Å². The summed E-state index contributed by atoms with van der Waals surface area (Å²) in [6, 6.07) is 7.80. The fourth-order valence-corrected chi connectivity index (χ4v) is 2.88. The van der Waals surface area contributed by atoms with Crippen LogP contribution < -0.4 is 15.0 Å². The van der Waals surface area contributed by atoms with E-state index in [4.69, 9.17) is 4.74 Å². The fourth-order valence-electron chi connectivity index (χ4n) is 2.88. The van der Waals surface area contributed by atoms with Gasteiger partial charge in [-0.1, -0.05) is 12.1 Å². The van der Waals surface area contributed by atoms with Gasteiger partial charge in [0.05, 0.1) is 5.69 Å². The van der Waals surface area contributed by atoms with Crippen LogP contribution in [0.3, 0.4) is 0 Å². The van der Waals surface area contributed by atoms with Crippen LogP contribution in [0.1, 0.15) is 19.3 Å². The highest BCUT2D eigenvalue weighted by atomic mass is 16.5. The van der Waals surface area contributed by atoms with E-state index < -0.39 is 0 Å². The van der Waals surface area contributed by atoms with Crippen LogP contribution in [-0.4, -0.2) is 32.1 Å². The van der Waals surface area contributed by atoms with Crippen LogP contribution in [0.2, 0.25) is 0 Å². The van der Waals surface area contributed by atoms with Crippen LogP contribution in [0.25, 0.3) is 0 Å². The molecule has 1 amide bonds. The Labute approximate surface area is 113 Å². The third kappa shape index (κ3) is 2.73. The molecule has 3 rings (SSSR count). The second-order valence-corrected chi connectivity index (χ2v) is 5.28. The largest absolute Gasteiger partial charge is 0.482 e. The van der Waals surface area contributed by atoms with Crippen molar-refractivity contribution < 1.29 is 9.53 Å². The van der Waals surface area contributed by atoms with Gasteiger partial charge >= 0.3 is 0 Å². The van der Waals surface area contributed by atoms with Gasteiger partial charge in [-0.15, -0.1) is 0 Å². The number of hydrogen-bond acceptors (Lipinski definition) is 3. The molecule has 2 aliphatic heterocycles. The van der Waals surface area contributed by atoms with E-state index in [9.17, 15) is 4.79 Å². The second-order valence-electron chi connectivity index (χ2n) is 5.28. The first-order valence-electron chi connectivity index (χ1n) is 7.07. The number of fused-ring (bicyclic) bond motifs is 1. The maximum absolute atomic E-state index is 12.0. The molecule has 0 saturated carbocycles. The topological polar surface area (TPSA) is 41.6 Å². The molecule has 1 fully saturated rings. The quantitative estimate of drug-likeness (QED) is 0.901. The summed E-state index contributed by atoms with van der Waals surface area (Å²) in [6.45, 7) is 3.20. The Morgan fingerprint density at radius 1 is 1.26 bits per heavy atom. The van der Waals surface area contributed by atoms with Crippen molar-refractivity contribution in [1.29, 1.82) is 0 Å². The molecule has 0 aromatic heterocycles. The Balaban J connectivity index is 1.67. The van der Waals surface area contributed by atoms with Crippen molar-refractivity contribution in [2.45, 2.75) is 19.3 Å². The molecule has 1 aromatic carbocycles. The SMILES string of the molecule is O=C1COc2ccccc2N1CCC1CCNCC1. The van der Waals surface area contributed by atoms with E-state index in [0.717, 1.165) is 43.4 Å². The summed E-state index contributed by atoms with van der Waals surface area (Å²) in [5.41, 5.74) is 0.924. The number of nitrogens with one attached hydrogen (secondary N) is 1. The van der Waals surface area contributed by atoms with Gasteiger partial charge in [-0.3, -0.25) is 4.79 Å². The molecule has 0 aliphatic carbocycles. The van der Waals surface area contributed by atoms with Gasteiger partial charge in [-0.2, -0.15) is 0 Å². The molecule has 4 heteroatoms. The van der Waals surface area contributed by atoms with Gasteiger partial charge in [-0.05, 0) is 50.4 Å². The first-order valence-corrected chi connectivity index (χ1v) is 7.07. The molecule has 2 heterocycles. The molecule has 0 unspecified atom stereocenters. The van der Waals surface area contributed by atoms with Gasteiger partial charge in [0.2, 0.25) is 0 Å². The zero-order valence-electron chi connectivity index (χ0n) is 11.1. The highest BCUT2D eigenvalue weighted by Crippen LogP contribution is 2.32. The van der Waals surface area contributed by atoms with Crippen LogP contribution in [0.15, 0.2) is 24.3 Å². The van der Waals surface area contributed by atoms with Crippen molar-refractivity contribution in [3.8, 4) is 5.75 Å². The summed E-state index contributed by atoms with van der Waals surface area (Å²) in [5.74, 6) is 1.64. The zero-order chi connectivity index (χ0) is 13.1. The molecule has 19 heavy (non-hydrogen) atoms. The number of benzene rings is 1. The maximum Gasteiger partial charge on any atom is 0.265 e. The van der Waals surface area contributed by atoms with E-state index >= 15 is 0 Å². The predicted octanol–water partition coefficient (Wildman–Crippen LogP) is 1.80. The minimum atomic E-state index is 0.0765. The monoisotopic (exact) mass is 260 g/mol. The molecular formula is C15H20N2O2. The summed E-state index contributed by atoms with van der Waals surface area (Å²) < 4.78 is 5.46. The normalized spacial score (nSPS) is 20.0. The minimum Gasteiger partial charge on any atom is -0.482 e. The third-order valence-electron chi connectivity index (χ3n) is 4.03. The summed E-state index contributed by atoms with van der Waals surface area (Å²) in [7, 11) is 0. The summed E-state index contributed by atoms with van der Waals surface area (Å²) in [6.07, 6.45) is 3.53. The van der Waals surface area contributed by atoms with Gasteiger partial charge in [-0.25, -0.2) is 0 Å². The van der Waals surface area contributed by atoms with Crippen LogP contribution in [0, 0.1) is 5.92 Å². The number of nitrogens with zero attached hydrogens (tertiary/aromatic N) is 1. The predicted molar refractivity (Wildman–Crippen MR) is 74.5 cm³/mol. The molecule has 1 aromatic rings. The smallest absolute Gasteiger partial charge is 0.265 e. The lowest BCUT2D eigenvalue weighted by Gasteiger charge is -2.31. The molecule has 4 nitrogen and oxygen atoms in total. The number of amides is 1. The van der Waals surface area contributed by atoms with Crippen molar-refractivity contribution in [1.82, 2.24) is 5.32 Å². The zero-order valence-corrected chi connectivity index (χ0v) is 11.1. The average molecular weight is 260 g/mol. The Morgan fingerprint density at radius 2 is 2.05 bits per heavy atom. The number of anilines is 1. The number of para-hydroxylation sites is 2. The lowest BCUT2D eigenvalue weighted by molar-refractivity contribution is -0.121. The number of ether oxygens (including phenoxy) is 1. The third-order valence-corrected chi connectivity index (χ3v) is 4.03. The molecule has 0 radical (unpaired) electrons. The molecule has 1 saturated heterocycles. The Bertz CT molecular complexity index is 455. The maximum atomic E-state index is 12.0. The number of rotatable bonds is 3.